The first-order valence-corrected chi connectivity index (χ1v) is 11.3. The number of halogens is 1. The fraction of sp³-hybridized carbons (Fsp3) is 0.480. The number of likely N-dealkylation sites (N-methyl/N-ethyl adjacent to an activating group) is 1. The quantitative estimate of drug-likeness (QED) is 0.637. The van der Waals surface area contributed by atoms with E-state index < -0.39 is 0 Å². The highest BCUT2D eigenvalue weighted by Crippen LogP contribution is 2.37. The van der Waals surface area contributed by atoms with Crippen LogP contribution in [0.25, 0.3) is 16.9 Å². The maximum absolute atomic E-state index is 15.1. The molecule has 5 rings (SSSR count). The maximum Gasteiger partial charge on any atom is 0.153 e. The van der Waals surface area contributed by atoms with Gasteiger partial charge < -0.3 is 10.2 Å². The van der Waals surface area contributed by atoms with Crippen LogP contribution in [0.3, 0.4) is 0 Å². The van der Waals surface area contributed by atoms with Crippen LogP contribution in [0.1, 0.15) is 51.8 Å². The number of amidine groups is 1. The summed E-state index contributed by atoms with van der Waals surface area (Å²) >= 11 is 0. The summed E-state index contributed by atoms with van der Waals surface area (Å²) in [6, 6.07) is 7.73. The summed E-state index contributed by atoms with van der Waals surface area (Å²) in [6.07, 6.45) is 4.54. The van der Waals surface area contributed by atoms with E-state index in [1.165, 1.54) is 0 Å². The fourth-order valence-corrected chi connectivity index (χ4v) is 5.51. The molecular weight excluding hydrogens is 403 g/mol. The summed E-state index contributed by atoms with van der Waals surface area (Å²) in [7, 11) is 2.10. The van der Waals surface area contributed by atoms with Crippen molar-refractivity contribution in [2.24, 2.45) is 4.99 Å². The lowest BCUT2D eigenvalue weighted by Crippen LogP contribution is -2.62. The second-order valence-electron chi connectivity index (χ2n) is 10.6. The van der Waals surface area contributed by atoms with Crippen molar-refractivity contribution >= 4 is 17.2 Å². The molecule has 168 valence electrons. The van der Waals surface area contributed by atoms with Crippen molar-refractivity contribution < 1.29 is 4.39 Å². The van der Waals surface area contributed by atoms with Crippen LogP contribution < -0.4 is 5.32 Å². The zero-order valence-corrected chi connectivity index (χ0v) is 19.7. The molecule has 2 aromatic heterocycles. The Kier molecular flexibility index (Phi) is 4.68. The first-order chi connectivity index (χ1) is 15.0. The number of hydrogen-bond donors (Lipinski definition) is 1. The number of fused-ring (bicyclic) bond motifs is 2. The molecule has 0 spiro atoms. The molecule has 4 heterocycles. The number of piperidine rings is 1. The van der Waals surface area contributed by atoms with Gasteiger partial charge in [-0.05, 0) is 77.3 Å². The van der Waals surface area contributed by atoms with Crippen LogP contribution in [0.5, 0.6) is 0 Å². The van der Waals surface area contributed by atoms with Gasteiger partial charge in [-0.15, -0.1) is 0 Å². The van der Waals surface area contributed by atoms with E-state index in [1.54, 1.807) is 10.6 Å². The normalized spacial score (nSPS) is 19.8. The zero-order valence-electron chi connectivity index (χ0n) is 19.7. The number of aryl methyl sites for hydroxylation is 1. The average molecular weight is 435 g/mol. The Morgan fingerprint density at radius 3 is 2.56 bits per heavy atom. The van der Waals surface area contributed by atoms with Crippen molar-refractivity contribution in [2.45, 2.75) is 71.0 Å². The highest BCUT2D eigenvalue weighted by Gasteiger charge is 2.40. The molecule has 6 nitrogen and oxygen atoms in total. The Morgan fingerprint density at radius 1 is 1.12 bits per heavy atom. The highest BCUT2D eigenvalue weighted by atomic mass is 19.1. The molecular formula is C25H31FN6. The Morgan fingerprint density at radius 2 is 1.84 bits per heavy atom. The Bertz CT molecular complexity index is 1220. The molecule has 0 bridgehead atoms. The Labute approximate surface area is 188 Å². The summed E-state index contributed by atoms with van der Waals surface area (Å²) in [5.41, 5.74) is 4.63. The summed E-state index contributed by atoms with van der Waals surface area (Å²) in [6.45, 7) is 10.9. The van der Waals surface area contributed by atoms with Crippen molar-refractivity contribution in [1.29, 1.82) is 0 Å². The van der Waals surface area contributed by atoms with Crippen molar-refractivity contribution in [3.05, 3.63) is 47.5 Å². The molecule has 7 heteroatoms. The molecule has 0 radical (unpaired) electrons. The van der Waals surface area contributed by atoms with E-state index in [4.69, 9.17) is 4.99 Å². The van der Waals surface area contributed by atoms with Crippen LogP contribution in [-0.4, -0.2) is 49.5 Å². The van der Waals surface area contributed by atoms with Gasteiger partial charge in [0.05, 0.1) is 17.6 Å². The van der Waals surface area contributed by atoms with Gasteiger partial charge in [0.15, 0.2) is 5.65 Å². The molecule has 0 atom stereocenters. The molecule has 0 aliphatic carbocycles. The van der Waals surface area contributed by atoms with Gasteiger partial charge in [0.2, 0.25) is 0 Å². The molecule has 1 aromatic carbocycles. The van der Waals surface area contributed by atoms with Crippen LogP contribution in [0.15, 0.2) is 35.5 Å². The Hall–Kier alpha value is -2.80. The first kappa shape index (κ1) is 21.1. The number of imidazole rings is 1. The van der Waals surface area contributed by atoms with Gasteiger partial charge in [0.25, 0.3) is 0 Å². The van der Waals surface area contributed by atoms with Gasteiger partial charge in [0.1, 0.15) is 17.3 Å². The summed E-state index contributed by atoms with van der Waals surface area (Å²) in [5.74, 6) is 0.638. The standard InChI is InChI=1S/C25H31FN6/c1-15-14-32-21(27-15)8-7-20(29-32)16-9-17-11-22(28-23(17)19(26)10-16)31(6)18-12-24(2,3)30-25(4,5)13-18/h7-10,14,18,30H,11-13H2,1-6H3. The molecule has 1 saturated heterocycles. The number of aliphatic imine (C=N–C) groups is 1. The number of nitrogens with one attached hydrogen (secondary N) is 1. The smallest absolute Gasteiger partial charge is 0.153 e. The van der Waals surface area contributed by atoms with Gasteiger partial charge >= 0.3 is 0 Å². The largest absolute Gasteiger partial charge is 0.360 e. The topological polar surface area (TPSA) is 57.8 Å². The number of aromatic nitrogens is 3. The van der Waals surface area contributed by atoms with E-state index in [-0.39, 0.29) is 16.9 Å². The van der Waals surface area contributed by atoms with Crippen LogP contribution in [-0.2, 0) is 6.42 Å². The SMILES string of the molecule is Cc1cn2nc(-c3cc(F)c4c(c3)CC(N(C)C3CC(C)(C)NC(C)(C)C3)=N4)ccc2n1. The van der Waals surface area contributed by atoms with Gasteiger partial charge in [0, 0.05) is 36.2 Å². The van der Waals surface area contributed by atoms with Gasteiger partial charge in [-0.1, -0.05) is 0 Å². The van der Waals surface area contributed by atoms with E-state index >= 15 is 4.39 Å². The Balaban J connectivity index is 1.42. The minimum Gasteiger partial charge on any atom is -0.360 e. The van der Waals surface area contributed by atoms with Crippen LogP contribution in [0.2, 0.25) is 0 Å². The lowest BCUT2D eigenvalue weighted by atomic mass is 9.79. The van der Waals surface area contributed by atoms with Crippen LogP contribution in [0, 0.1) is 12.7 Å². The van der Waals surface area contributed by atoms with Gasteiger partial charge in [-0.3, -0.25) is 0 Å². The average Bonchev–Trinajstić information content (AvgIpc) is 3.27. The van der Waals surface area contributed by atoms with Crippen LogP contribution in [0.4, 0.5) is 10.1 Å². The highest BCUT2D eigenvalue weighted by molar-refractivity contribution is 5.93. The second-order valence-corrected chi connectivity index (χ2v) is 10.6. The molecule has 32 heavy (non-hydrogen) atoms. The molecule has 0 saturated carbocycles. The monoisotopic (exact) mass is 434 g/mol. The van der Waals surface area contributed by atoms with Crippen molar-refractivity contribution in [3.8, 4) is 11.3 Å². The number of benzene rings is 1. The lowest BCUT2D eigenvalue weighted by Gasteiger charge is -2.49. The maximum atomic E-state index is 15.1. The zero-order chi connectivity index (χ0) is 22.8. The fourth-order valence-electron chi connectivity index (χ4n) is 5.51. The third-order valence-corrected chi connectivity index (χ3v) is 6.59. The van der Waals surface area contributed by atoms with Crippen molar-refractivity contribution in [1.82, 2.24) is 24.8 Å². The van der Waals surface area contributed by atoms with Crippen molar-refractivity contribution in [2.75, 3.05) is 7.05 Å². The summed E-state index contributed by atoms with van der Waals surface area (Å²) in [4.78, 5) is 11.4. The molecule has 0 amide bonds. The van der Waals surface area contributed by atoms with E-state index in [9.17, 15) is 0 Å². The minimum absolute atomic E-state index is 0.0428. The third kappa shape index (κ3) is 3.79. The lowest BCUT2D eigenvalue weighted by molar-refractivity contribution is 0.113. The van der Waals surface area contributed by atoms with Crippen LogP contribution >= 0.6 is 0 Å². The van der Waals surface area contributed by atoms with E-state index in [2.05, 4.69) is 55.0 Å². The number of nitrogens with zero attached hydrogens (tertiary/aromatic N) is 5. The van der Waals surface area contributed by atoms with E-state index in [0.29, 0.717) is 18.2 Å². The van der Waals surface area contributed by atoms with E-state index in [0.717, 1.165) is 46.8 Å². The molecule has 2 aliphatic heterocycles. The predicted octanol–water partition coefficient (Wildman–Crippen LogP) is 4.67. The molecule has 0 unspecified atom stereocenters. The van der Waals surface area contributed by atoms with Gasteiger partial charge in [-0.25, -0.2) is 18.9 Å². The number of rotatable bonds is 2. The molecule has 2 aliphatic rings. The summed E-state index contributed by atoms with van der Waals surface area (Å²) < 4.78 is 16.8. The third-order valence-electron chi connectivity index (χ3n) is 6.59. The first-order valence-electron chi connectivity index (χ1n) is 11.3. The second kappa shape index (κ2) is 7.10. The predicted molar refractivity (Wildman–Crippen MR) is 126 cm³/mol. The van der Waals surface area contributed by atoms with Crippen molar-refractivity contribution in [3.63, 3.8) is 0 Å². The molecule has 1 N–H and O–H groups in total. The minimum atomic E-state index is -0.296. The van der Waals surface area contributed by atoms with E-state index in [1.807, 2.05) is 31.3 Å². The summed E-state index contributed by atoms with van der Waals surface area (Å²) in [5, 5.41) is 8.36. The van der Waals surface area contributed by atoms with Gasteiger partial charge in [-0.2, -0.15) is 5.10 Å². The molecule has 3 aromatic rings. The molecule has 1 fully saturated rings. The number of hydrogen-bond acceptors (Lipinski definition) is 5.